The largest absolute Gasteiger partial charge is 0.321 e. The number of amides is 1. The number of hydrogen-bond acceptors (Lipinski definition) is 2. The van der Waals surface area contributed by atoms with E-state index in [2.05, 4.69) is 31.3 Å². The van der Waals surface area contributed by atoms with E-state index in [0.29, 0.717) is 0 Å². The van der Waals surface area contributed by atoms with Crippen molar-refractivity contribution in [3.63, 3.8) is 0 Å². The van der Waals surface area contributed by atoms with Crippen molar-refractivity contribution in [1.82, 2.24) is 0 Å². The highest BCUT2D eigenvalue weighted by molar-refractivity contribution is 7.21. The van der Waals surface area contributed by atoms with Gasteiger partial charge in [-0.1, -0.05) is 24.3 Å². The molecule has 0 bridgehead atoms. The summed E-state index contributed by atoms with van der Waals surface area (Å²) in [6.45, 7) is 6.13. The molecule has 0 saturated heterocycles. The zero-order chi connectivity index (χ0) is 15.0. The number of carbonyl (C=O) groups is 1. The maximum Gasteiger partial charge on any atom is 0.266 e. The van der Waals surface area contributed by atoms with Crippen molar-refractivity contribution in [1.29, 1.82) is 0 Å². The Morgan fingerprint density at radius 1 is 1.00 bits per heavy atom. The van der Waals surface area contributed by atoms with Crippen LogP contribution in [0.2, 0.25) is 0 Å². The summed E-state index contributed by atoms with van der Waals surface area (Å²) in [7, 11) is 0. The van der Waals surface area contributed by atoms with Crippen molar-refractivity contribution in [3.8, 4) is 0 Å². The summed E-state index contributed by atoms with van der Waals surface area (Å²) in [4.78, 5) is 13.3. The molecule has 1 amide bonds. The molecule has 0 aliphatic rings. The Balaban J connectivity index is 1.93. The first kappa shape index (κ1) is 13.8. The predicted octanol–water partition coefficient (Wildman–Crippen LogP) is 5.08. The first-order chi connectivity index (χ1) is 10.1. The molecule has 0 radical (unpaired) electrons. The topological polar surface area (TPSA) is 29.1 Å². The lowest BCUT2D eigenvalue weighted by atomic mass is 10.1. The highest BCUT2D eigenvalue weighted by Crippen LogP contribution is 2.31. The molecule has 0 unspecified atom stereocenters. The first-order valence-corrected chi connectivity index (χ1v) is 7.74. The molecule has 0 fully saturated rings. The lowest BCUT2D eigenvalue weighted by molar-refractivity contribution is 0.103. The molecule has 1 aromatic heterocycles. The zero-order valence-corrected chi connectivity index (χ0v) is 13.2. The van der Waals surface area contributed by atoms with Crippen LogP contribution in [0, 0.1) is 20.8 Å². The summed E-state index contributed by atoms with van der Waals surface area (Å²) >= 11 is 1.55. The molecule has 3 aromatic rings. The van der Waals surface area contributed by atoms with E-state index in [1.807, 2.05) is 37.3 Å². The van der Waals surface area contributed by atoms with Crippen LogP contribution in [0.4, 0.5) is 5.69 Å². The van der Waals surface area contributed by atoms with Gasteiger partial charge in [0.1, 0.15) is 0 Å². The molecule has 0 atom stereocenters. The van der Waals surface area contributed by atoms with Gasteiger partial charge in [0.05, 0.1) is 4.88 Å². The van der Waals surface area contributed by atoms with Crippen molar-refractivity contribution in [2.45, 2.75) is 20.8 Å². The SMILES string of the molecule is Cc1ccc(NC(=O)c2sc3ccccc3c2C)cc1C. The van der Waals surface area contributed by atoms with E-state index in [1.165, 1.54) is 11.1 Å². The Bertz CT molecular complexity index is 832. The molecule has 2 aromatic carbocycles. The minimum absolute atomic E-state index is 0.0306. The van der Waals surface area contributed by atoms with E-state index in [0.717, 1.165) is 26.2 Å². The zero-order valence-electron chi connectivity index (χ0n) is 12.4. The lowest BCUT2D eigenvalue weighted by Crippen LogP contribution is -2.11. The van der Waals surface area contributed by atoms with Crippen molar-refractivity contribution in [2.75, 3.05) is 5.32 Å². The van der Waals surface area contributed by atoms with Crippen LogP contribution in [-0.2, 0) is 0 Å². The molecular formula is C18H17NOS. The van der Waals surface area contributed by atoms with Crippen LogP contribution in [0.3, 0.4) is 0 Å². The summed E-state index contributed by atoms with van der Waals surface area (Å²) in [6, 6.07) is 14.1. The predicted molar refractivity (Wildman–Crippen MR) is 90.4 cm³/mol. The molecule has 21 heavy (non-hydrogen) atoms. The normalized spacial score (nSPS) is 10.8. The summed E-state index contributed by atoms with van der Waals surface area (Å²) in [5.74, 6) is -0.0306. The monoisotopic (exact) mass is 295 g/mol. The second-order valence-corrected chi connectivity index (χ2v) is 6.36. The fourth-order valence-electron chi connectivity index (χ4n) is 2.40. The third kappa shape index (κ3) is 2.57. The molecule has 3 heteroatoms. The van der Waals surface area contributed by atoms with E-state index < -0.39 is 0 Å². The smallest absolute Gasteiger partial charge is 0.266 e. The molecule has 106 valence electrons. The van der Waals surface area contributed by atoms with Crippen molar-refractivity contribution < 1.29 is 4.79 Å². The Morgan fingerprint density at radius 2 is 1.76 bits per heavy atom. The number of anilines is 1. The van der Waals surface area contributed by atoms with Gasteiger partial charge in [-0.3, -0.25) is 4.79 Å². The summed E-state index contributed by atoms with van der Waals surface area (Å²) in [5.41, 5.74) is 4.31. The third-order valence-corrected chi connectivity index (χ3v) is 5.09. The van der Waals surface area contributed by atoms with E-state index in [9.17, 15) is 4.79 Å². The van der Waals surface area contributed by atoms with E-state index >= 15 is 0 Å². The van der Waals surface area contributed by atoms with Crippen LogP contribution in [0.25, 0.3) is 10.1 Å². The van der Waals surface area contributed by atoms with Gasteiger partial charge in [-0.05, 0) is 61.0 Å². The average Bonchev–Trinajstić information content (AvgIpc) is 2.81. The molecule has 1 N–H and O–H groups in total. The van der Waals surface area contributed by atoms with Crippen LogP contribution in [0.5, 0.6) is 0 Å². The molecular weight excluding hydrogens is 278 g/mol. The molecule has 2 nitrogen and oxygen atoms in total. The second kappa shape index (κ2) is 5.34. The summed E-state index contributed by atoms with van der Waals surface area (Å²) in [5, 5.41) is 4.16. The van der Waals surface area contributed by atoms with Gasteiger partial charge >= 0.3 is 0 Å². The molecule has 0 saturated carbocycles. The Morgan fingerprint density at radius 3 is 2.48 bits per heavy atom. The average molecular weight is 295 g/mol. The van der Waals surface area contributed by atoms with Gasteiger partial charge in [0.2, 0.25) is 0 Å². The molecule has 0 spiro atoms. The van der Waals surface area contributed by atoms with E-state index in [4.69, 9.17) is 0 Å². The summed E-state index contributed by atoms with van der Waals surface area (Å²) in [6.07, 6.45) is 0. The standard InChI is InChI=1S/C18H17NOS/c1-11-8-9-14(10-12(11)2)19-18(20)17-13(3)15-6-4-5-7-16(15)21-17/h4-10H,1-3H3,(H,19,20). The lowest BCUT2D eigenvalue weighted by Gasteiger charge is -2.07. The van der Waals surface area contributed by atoms with Crippen LogP contribution >= 0.6 is 11.3 Å². The fraction of sp³-hybridized carbons (Fsp3) is 0.167. The number of fused-ring (bicyclic) bond motifs is 1. The van der Waals surface area contributed by atoms with Crippen LogP contribution in [0.15, 0.2) is 42.5 Å². The van der Waals surface area contributed by atoms with Gasteiger partial charge in [-0.15, -0.1) is 11.3 Å². The minimum atomic E-state index is -0.0306. The maximum absolute atomic E-state index is 12.5. The van der Waals surface area contributed by atoms with Crippen LogP contribution < -0.4 is 5.32 Å². The number of carbonyl (C=O) groups excluding carboxylic acids is 1. The van der Waals surface area contributed by atoms with Gasteiger partial charge in [0.15, 0.2) is 0 Å². The van der Waals surface area contributed by atoms with E-state index in [1.54, 1.807) is 11.3 Å². The highest BCUT2D eigenvalue weighted by Gasteiger charge is 2.15. The number of nitrogens with one attached hydrogen (secondary N) is 1. The Kier molecular flexibility index (Phi) is 3.52. The number of aryl methyl sites for hydroxylation is 3. The second-order valence-electron chi connectivity index (χ2n) is 5.31. The number of benzene rings is 2. The Hall–Kier alpha value is -2.13. The third-order valence-electron chi connectivity index (χ3n) is 3.81. The van der Waals surface area contributed by atoms with Crippen LogP contribution in [-0.4, -0.2) is 5.91 Å². The fourth-order valence-corrected chi connectivity index (χ4v) is 3.50. The van der Waals surface area contributed by atoms with Gasteiger partial charge in [-0.2, -0.15) is 0 Å². The van der Waals surface area contributed by atoms with Crippen molar-refractivity contribution >= 4 is 33.0 Å². The molecule has 3 rings (SSSR count). The molecule has 1 heterocycles. The van der Waals surface area contributed by atoms with Gasteiger partial charge in [0.25, 0.3) is 5.91 Å². The van der Waals surface area contributed by atoms with Crippen molar-refractivity contribution in [2.24, 2.45) is 0 Å². The van der Waals surface area contributed by atoms with E-state index in [-0.39, 0.29) is 5.91 Å². The Labute approximate surface area is 128 Å². The number of thiophene rings is 1. The maximum atomic E-state index is 12.5. The van der Waals surface area contributed by atoms with Crippen molar-refractivity contribution in [3.05, 3.63) is 64.0 Å². The van der Waals surface area contributed by atoms with Gasteiger partial charge in [0, 0.05) is 10.4 Å². The number of hydrogen-bond donors (Lipinski definition) is 1. The number of rotatable bonds is 2. The van der Waals surface area contributed by atoms with Crippen LogP contribution in [0.1, 0.15) is 26.4 Å². The highest BCUT2D eigenvalue weighted by atomic mass is 32.1. The quantitative estimate of drug-likeness (QED) is 0.702. The minimum Gasteiger partial charge on any atom is -0.321 e. The molecule has 0 aliphatic heterocycles. The summed E-state index contributed by atoms with van der Waals surface area (Å²) < 4.78 is 1.15. The van der Waals surface area contributed by atoms with Gasteiger partial charge in [-0.25, -0.2) is 0 Å². The molecule has 0 aliphatic carbocycles. The first-order valence-electron chi connectivity index (χ1n) is 6.93. The van der Waals surface area contributed by atoms with Gasteiger partial charge < -0.3 is 5.32 Å².